The fraction of sp³-hybridized carbons (Fsp3) is 0.357. The molecule has 1 unspecified atom stereocenters. The minimum absolute atomic E-state index is 0.209. The SMILES string of the molecule is O=C(O)C(CNS(=O)(=O)N1CC=CCC1)c1ccc(Cl)cc1. The van der Waals surface area contributed by atoms with Crippen LogP contribution >= 0.6 is 11.6 Å². The average molecular weight is 345 g/mol. The van der Waals surface area contributed by atoms with Crippen LogP contribution < -0.4 is 4.72 Å². The molecule has 0 aliphatic carbocycles. The third-order valence-corrected chi connectivity index (χ3v) is 5.20. The van der Waals surface area contributed by atoms with E-state index in [4.69, 9.17) is 11.6 Å². The molecule has 1 aromatic carbocycles. The van der Waals surface area contributed by atoms with Crippen LogP contribution in [0.25, 0.3) is 0 Å². The van der Waals surface area contributed by atoms with Crippen molar-refractivity contribution in [3.05, 3.63) is 47.0 Å². The van der Waals surface area contributed by atoms with Gasteiger partial charge in [-0.25, -0.2) is 4.72 Å². The van der Waals surface area contributed by atoms with Crippen molar-refractivity contribution in [2.24, 2.45) is 0 Å². The summed E-state index contributed by atoms with van der Waals surface area (Å²) in [5.41, 5.74) is 0.498. The second kappa shape index (κ2) is 7.23. The molecule has 0 aromatic heterocycles. The van der Waals surface area contributed by atoms with Crippen LogP contribution in [-0.4, -0.2) is 43.4 Å². The molecule has 0 spiro atoms. The predicted molar refractivity (Wildman–Crippen MR) is 84.1 cm³/mol. The van der Waals surface area contributed by atoms with E-state index in [1.165, 1.54) is 4.31 Å². The molecule has 2 rings (SSSR count). The molecule has 0 bridgehead atoms. The van der Waals surface area contributed by atoms with E-state index in [1.54, 1.807) is 30.3 Å². The van der Waals surface area contributed by atoms with Crippen LogP contribution in [0, 0.1) is 0 Å². The van der Waals surface area contributed by atoms with Gasteiger partial charge in [-0.05, 0) is 24.1 Å². The molecule has 1 atom stereocenters. The maximum Gasteiger partial charge on any atom is 0.312 e. The number of hydrogen-bond donors (Lipinski definition) is 2. The Morgan fingerprint density at radius 1 is 1.32 bits per heavy atom. The number of aliphatic carboxylic acids is 1. The summed E-state index contributed by atoms with van der Waals surface area (Å²) in [4.78, 5) is 11.4. The Morgan fingerprint density at radius 3 is 2.55 bits per heavy atom. The van der Waals surface area contributed by atoms with E-state index < -0.39 is 22.1 Å². The first-order valence-electron chi connectivity index (χ1n) is 6.78. The van der Waals surface area contributed by atoms with Gasteiger partial charge in [-0.1, -0.05) is 35.9 Å². The molecule has 8 heteroatoms. The number of carboxylic acid groups (broad SMARTS) is 1. The highest BCUT2D eigenvalue weighted by molar-refractivity contribution is 7.87. The molecule has 120 valence electrons. The van der Waals surface area contributed by atoms with E-state index in [-0.39, 0.29) is 6.54 Å². The Labute approximate surface area is 134 Å². The minimum atomic E-state index is -3.69. The Bertz CT molecular complexity index is 658. The number of halogens is 1. The maximum absolute atomic E-state index is 12.2. The van der Waals surface area contributed by atoms with Gasteiger partial charge in [0, 0.05) is 24.7 Å². The van der Waals surface area contributed by atoms with E-state index in [2.05, 4.69) is 4.72 Å². The highest BCUT2D eigenvalue weighted by Crippen LogP contribution is 2.19. The van der Waals surface area contributed by atoms with E-state index in [9.17, 15) is 18.3 Å². The Balaban J connectivity index is 2.07. The Kier molecular flexibility index (Phi) is 5.57. The van der Waals surface area contributed by atoms with Gasteiger partial charge in [-0.15, -0.1) is 0 Å². The van der Waals surface area contributed by atoms with Crippen molar-refractivity contribution in [1.82, 2.24) is 9.03 Å². The summed E-state index contributed by atoms with van der Waals surface area (Å²) in [6.45, 7) is 0.484. The highest BCUT2D eigenvalue weighted by Gasteiger charge is 2.26. The number of benzene rings is 1. The maximum atomic E-state index is 12.2. The van der Waals surface area contributed by atoms with Crippen LogP contribution in [0.15, 0.2) is 36.4 Å². The first-order valence-corrected chi connectivity index (χ1v) is 8.60. The van der Waals surface area contributed by atoms with Crippen molar-refractivity contribution in [2.45, 2.75) is 12.3 Å². The van der Waals surface area contributed by atoms with Crippen LogP contribution in [0.2, 0.25) is 5.02 Å². The first kappa shape index (κ1) is 17.0. The second-order valence-electron chi connectivity index (χ2n) is 4.91. The van der Waals surface area contributed by atoms with Gasteiger partial charge < -0.3 is 5.11 Å². The monoisotopic (exact) mass is 344 g/mol. The quantitative estimate of drug-likeness (QED) is 0.767. The van der Waals surface area contributed by atoms with Gasteiger partial charge >= 0.3 is 5.97 Å². The Hall–Kier alpha value is -1.41. The van der Waals surface area contributed by atoms with Crippen molar-refractivity contribution in [2.75, 3.05) is 19.6 Å². The third-order valence-electron chi connectivity index (χ3n) is 3.40. The summed E-state index contributed by atoms with van der Waals surface area (Å²) in [5, 5.41) is 9.80. The van der Waals surface area contributed by atoms with Gasteiger partial charge in [-0.3, -0.25) is 4.79 Å². The lowest BCUT2D eigenvalue weighted by atomic mass is 10.00. The lowest BCUT2D eigenvalue weighted by molar-refractivity contribution is -0.138. The van der Waals surface area contributed by atoms with E-state index in [0.717, 1.165) is 0 Å². The second-order valence-corrected chi connectivity index (χ2v) is 7.11. The molecule has 1 heterocycles. The van der Waals surface area contributed by atoms with Crippen molar-refractivity contribution in [1.29, 1.82) is 0 Å². The highest BCUT2D eigenvalue weighted by atomic mass is 35.5. The molecule has 0 radical (unpaired) electrons. The zero-order valence-electron chi connectivity index (χ0n) is 11.8. The minimum Gasteiger partial charge on any atom is -0.481 e. The van der Waals surface area contributed by atoms with Crippen LogP contribution in [0.3, 0.4) is 0 Å². The van der Waals surface area contributed by atoms with Crippen molar-refractivity contribution >= 4 is 27.8 Å². The van der Waals surface area contributed by atoms with Gasteiger partial charge in [0.1, 0.15) is 0 Å². The van der Waals surface area contributed by atoms with Gasteiger partial charge in [0.25, 0.3) is 10.2 Å². The van der Waals surface area contributed by atoms with Crippen molar-refractivity contribution in [3.8, 4) is 0 Å². The molecular weight excluding hydrogens is 328 g/mol. The van der Waals surface area contributed by atoms with E-state index in [1.807, 2.05) is 6.08 Å². The number of rotatable bonds is 6. The smallest absolute Gasteiger partial charge is 0.312 e. The normalized spacial score (nSPS) is 17.3. The van der Waals surface area contributed by atoms with Gasteiger partial charge in [0.15, 0.2) is 0 Å². The molecule has 2 N–H and O–H groups in total. The van der Waals surface area contributed by atoms with Crippen LogP contribution in [-0.2, 0) is 15.0 Å². The Morgan fingerprint density at radius 2 is 2.00 bits per heavy atom. The average Bonchev–Trinajstić information content (AvgIpc) is 2.50. The van der Waals surface area contributed by atoms with Crippen molar-refractivity contribution < 1.29 is 18.3 Å². The first-order chi connectivity index (χ1) is 10.4. The van der Waals surface area contributed by atoms with Gasteiger partial charge in [-0.2, -0.15) is 12.7 Å². The summed E-state index contributed by atoms with van der Waals surface area (Å²) in [5.74, 6) is -2.06. The zero-order valence-corrected chi connectivity index (χ0v) is 13.3. The molecule has 22 heavy (non-hydrogen) atoms. The molecule has 0 amide bonds. The molecule has 1 aromatic rings. The number of carboxylic acids is 1. The predicted octanol–water partition coefficient (Wildman–Crippen LogP) is 1.60. The zero-order chi connectivity index (χ0) is 16.2. The van der Waals surface area contributed by atoms with Crippen LogP contribution in [0.4, 0.5) is 0 Å². The number of nitrogens with one attached hydrogen (secondary N) is 1. The summed E-state index contributed by atoms with van der Waals surface area (Å²) in [7, 11) is -3.69. The topological polar surface area (TPSA) is 86.7 Å². The third kappa shape index (κ3) is 4.30. The molecule has 0 saturated heterocycles. The molecule has 0 fully saturated rings. The largest absolute Gasteiger partial charge is 0.481 e. The van der Waals surface area contributed by atoms with Crippen LogP contribution in [0.5, 0.6) is 0 Å². The summed E-state index contributed by atoms with van der Waals surface area (Å²) >= 11 is 5.78. The summed E-state index contributed by atoms with van der Waals surface area (Å²) in [6, 6.07) is 6.33. The molecule has 1 aliphatic rings. The van der Waals surface area contributed by atoms with E-state index >= 15 is 0 Å². The number of carbonyl (C=O) groups is 1. The lowest BCUT2D eigenvalue weighted by Crippen LogP contribution is -2.44. The lowest BCUT2D eigenvalue weighted by Gasteiger charge is -2.24. The molecular formula is C14H17ClN2O4S. The fourth-order valence-electron chi connectivity index (χ4n) is 2.16. The fourth-order valence-corrected chi connectivity index (χ4v) is 3.47. The number of nitrogens with zero attached hydrogens (tertiary/aromatic N) is 1. The van der Waals surface area contributed by atoms with Crippen LogP contribution in [0.1, 0.15) is 17.9 Å². The van der Waals surface area contributed by atoms with Gasteiger partial charge in [0.2, 0.25) is 0 Å². The molecule has 6 nitrogen and oxygen atoms in total. The van der Waals surface area contributed by atoms with Crippen molar-refractivity contribution in [3.63, 3.8) is 0 Å². The molecule has 0 saturated carbocycles. The summed E-state index contributed by atoms with van der Waals surface area (Å²) in [6.07, 6.45) is 4.34. The standard InChI is InChI=1S/C14H17ClN2O4S/c15-12-6-4-11(5-7-12)13(14(18)19)10-16-22(20,21)17-8-2-1-3-9-17/h1-2,4-7,13,16H,3,8-10H2,(H,18,19). The molecule has 1 aliphatic heterocycles. The van der Waals surface area contributed by atoms with Gasteiger partial charge in [0.05, 0.1) is 5.92 Å². The van der Waals surface area contributed by atoms with E-state index in [0.29, 0.717) is 30.1 Å². The number of hydrogen-bond acceptors (Lipinski definition) is 3. The summed E-state index contributed by atoms with van der Waals surface area (Å²) < 4.78 is 28.0.